The molecule has 1 aliphatic rings. The van der Waals surface area contributed by atoms with Crippen LogP contribution in [0.2, 0.25) is 0 Å². The molecule has 0 atom stereocenters. The number of amides is 1. The van der Waals surface area contributed by atoms with Gasteiger partial charge < -0.3 is 5.32 Å². The first-order valence-corrected chi connectivity index (χ1v) is 7.04. The van der Waals surface area contributed by atoms with Crippen LogP contribution in [0, 0.1) is 5.41 Å². The maximum atomic E-state index is 11.8. The first-order valence-electron chi connectivity index (χ1n) is 7.04. The molecule has 2 rings (SSSR count). The van der Waals surface area contributed by atoms with Crippen molar-refractivity contribution >= 4 is 5.91 Å². The molecular formula is C16H24N2O. The van der Waals surface area contributed by atoms with Crippen molar-refractivity contribution < 1.29 is 4.79 Å². The summed E-state index contributed by atoms with van der Waals surface area (Å²) in [5.74, 6) is 0.130. The zero-order valence-corrected chi connectivity index (χ0v) is 12.2. The number of hydrogen-bond acceptors (Lipinski definition) is 2. The quantitative estimate of drug-likeness (QED) is 0.903. The molecule has 1 N–H and O–H groups in total. The maximum Gasteiger partial charge on any atom is 0.225 e. The lowest BCUT2D eigenvalue weighted by Crippen LogP contribution is -2.41. The van der Waals surface area contributed by atoms with E-state index < -0.39 is 0 Å². The van der Waals surface area contributed by atoms with Crippen molar-refractivity contribution in [3.8, 4) is 0 Å². The molecule has 3 heteroatoms. The molecule has 0 bridgehead atoms. The normalized spacial score (nSPS) is 15.9. The first kappa shape index (κ1) is 14.1. The van der Waals surface area contributed by atoms with Crippen LogP contribution in [0.3, 0.4) is 0 Å². The lowest BCUT2D eigenvalue weighted by atomic mass is 9.96. The topological polar surface area (TPSA) is 32.3 Å². The predicted octanol–water partition coefficient (Wildman–Crippen LogP) is 2.21. The molecule has 0 aromatic heterocycles. The van der Waals surface area contributed by atoms with Crippen LogP contribution < -0.4 is 5.32 Å². The van der Waals surface area contributed by atoms with Gasteiger partial charge in [0.25, 0.3) is 0 Å². The van der Waals surface area contributed by atoms with E-state index in [1.807, 2.05) is 20.8 Å². The number of nitrogens with zero attached hydrogens (tertiary/aromatic N) is 1. The molecule has 1 amide bonds. The summed E-state index contributed by atoms with van der Waals surface area (Å²) in [7, 11) is 0. The molecule has 0 spiro atoms. The third kappa shape index (κ3) is 3.80. The van der Waals surface area contributed by atoms with Crippen molar-refractivity contribution in [3.05, 3.63) is 35.4 Å². The number of nitrogens with one attached hydrogen (secondary N) is 1. The van der Waals surface area contributed by atoms with Gasteiger partial charge in [-0.15, -0.1) is 0 Å². The number of fused-ring (bicyclic) bond motifs is 1. The van der Waals surface area contributed by atoms with Gasteiger partial charge in [-0.25, -0.2) is 0 Å². The summed E-state index contributed by atoms with van der Waals surface area (Å²) in [6.07, 6.45) is 1.11. The van der Waals surface area contributed by atoms with Crippen molar-refractivity contribution in [3.63, 3.8) is 0 Å². The van der Waals surface area contributed by atoms with Gasteiger partial charge >= 0.3 is 0 Å². The second-order valence-electron chi connectivity index (χ2n) is 6.30. The van der Waals surface area contributed by atoms with Crippen LogP contribution in [-0.4, -0.2) is 30.4 Å². The van der Waals surface area contributed by atoms with Gasteiger partial charge in [-0.1, -0.05) is 45.0 Å². The SMILES string of the molecule is CC(C)(C)C(=O)NCCN1CCc2ccccc2C1. The van der Waals surface area contributed by atoms with Crippen LogP contribution in [-0.2, 0) is 17.8 Å². The van der Waals surface area contributed by atoms with Gasteiger partial charge in [0, 0.05) is 31.6 Å². The minimum Gasteiger partial charge on any atom is -0.354 e. The summed E-state index contributed by atoms with van der Waals surface area (Å²) in [6.45, 7) is 9.58. The standard InChI is InChI=1S/C16H24N2O/c1-16(2,3)15(19)17-9-11-18-10-8-13-6-4-5-7-14(13)12-18/h4-7H,8-12H2,1-3H3,(H,17,19). The minimum absolute atomic E-state index is 0.130. The molecule has 1 heterocycles. The number of benzene rings is 1. The van der Waals surface area contributed by atoms with Crippen LogP contribution in [0.15, 0.2) is 24.3 Å². The maximum absolute atomic E-state index is 11.8. The summed E-state index contributed by atoms with van der Waals surface area (Å²) >= 11 is 0. The predicted molar refractivity (Wildman–Crippen MR) is 77.9 cm³/mol. The van der Waals surface area contributed by atoms with E-state index in [9.17, 15) is 4.79 Å². The molecule has 19 heavy (non-hydrogen) atoms. The largest absolute Gasteiger partial charge is 0.354 e. The Labute approximate surface area is 116 Å². The Morgan fingerprint density at radius 2 is 1.95 bits per heavy atom. The zero-order chi connectivity index (χ0) is 13.9. The van der Waals surface area contributed by atoms with Crippen LogP contribution in [0.4, 0.5) is 0 Å². The molecule has 0 saturated carbocycles. The number of carbonyl (C=O) groups is 1. The van der Waals surface area contributed by atoms with Crippen LogP contribution in [0.1, 0.15) is 31.9 Å². The zero-order valence-electron chi connectivity index (χ0n) is 12.2. The fourth-order valence-corrected chi connectivity index (χ4v) is 2.34. The molecule has 0 fully saturated rings. The molecule has 1 aliphatic heterocycles. The van der Waals surface area contributed by atoms with Crippen molar-refractivity contribution in [1.29, 1.82) is 0 Å². The first-order chi connectivity index (χ1) is 8.97. The number of carbonyl (C=O) groups excluding carboxylic acids is 1. The molecule has 104 valence electrons. The smallest absolute Gasteiger partial charge is 0.225 e. The highest BCUT2D eigenvalue weighted by atomic mass is 16.2. The Morgan fingerprint density at radius 1 is 1.26 bits per heavy atom. The van der Waals surface area contributed by atoms with E-state index >= 15 is 0 Å². The molecule has 1 aromatic carbocycles. The summed E-state index contributed by atoms with van der Waals surface area (Å²) < 4.78 is 0. The summed E-state index contributed by atoms with van der Waals surface area (Å²) in [4.78, 5) is 14.2. The van der Waals surface area contributed by atoms with E-state index in [4.69, 9.17) is 0 Å². The fraction of sp³-hybridized carbons (Fsp3) is 0.562. The molecule has 1 aromatic rings. The molecule has 0 radical (unpaired) electrons. The van der Waals surface area contributed by atoms with Gasteiger partial charge in [-0.2, -0.15) is 0 Å². The Bertz CT molecular complexity index is 448. The van der Waals surface area contributed by atoms with Gasteiger partial charge in [-0.3, -0.25) is 9.69 Å². The number of rotatable bonds is 3. The Hall–Kier alpha value is -1.35. The average molecular weight is 260 g/mol. The van der Waals surface area contributed by atoms with E-state index in [-0.39, 0.29) is 11.3 Å². The van der Waals surface area contributed by atoms with Gasteiger partial charge in [0.1, 0.15) is 0 Å². The van der Waals surface area contributed by atoms with E-state index in [1.165, 1.54) is 11.1 Å². The van der Waals surface area contributed by atoms with E-state index in [2.05, 4.69) is 34.5 Å². The second-order valence-corrected chi connectivity index (χ2v) is 6.30. The van der Waals surface area contributed by atoms with Crippen molar-refractivity contribution in [2.24, 2.45) is 5.41 Å². The van der Waals surface area contributed by atoms with Crippen molar-refractivity contribution in [1.82, 2.24) is 10.2 Å². The summed E-state index contributed by atoms with van der Waals surface area (Å²) in [5.41, 5.74) is 2.60. The Kier molecular flexibility index (Phi) is 4.25. The lowest BCUT2D eigenvalue weighted by Gasteiger charge is -2.29. The van der Waals surface area contributed by atoms with E-state index in [1.54, 1.807) is 0 Å². The van der Waals surface area contributed by atoms with Crippen molar-refractivity contribution in [2.45, 2.75) is 33.7 Å². The monoisotopic (exact) mass is 260 g/mol. The van der Waals surface area contributed by atoms with Gasteiger partial charge in [0.05, 0.1) is 0 Å². The third-order valence-corrected chi connectivity index (χ3v) is 3.60. The Morgan fingerprint density at radius 3 is 2.63 bits per heavy atom. The fourth-order valence-electron chi connectivity index (χ4n) is 2.34. The average Bonchev–Trinajstić information content (AvgIpc) is 2.37. The highest BCUT2D eigenvalue weighted by molar-refractivity contribution is 5.81. The second kappa shape index (κ2) is 5.74. The molecular weight excluding hydrogens is 236 g/mol. The molecule has 0 aliphatic carbocycles. The van der Waals surface area contributed by atoms with Gasteiger partial charge in [0.2, 0.25) is 5.91 Å². The van der Waals surface area contributed by atoms with Crippen LogP contribution >= 0.6 is 0 Å². The van der Waals surface area contributed by atoms with E-state index in [0.29, 0.717) is 0 Å². The van der Waals surface area contributed by atoms with Gasteiger partial charge in [-0.05, 0) is 17.5 Å². The van der Waals surface area contributed by atoms with Crippen LogP contribution in [0.5, 0.6) is 0 Å². The van der Waals surface area contributed by atoms with Gasteiger partial charge in [0.15, 0.2) is 0 Å². The highest BCUT2D eigenvalue weighted by Crippen LogP contribution is 2.18. The van der Waals surface area contributed by atoms with E-state index in [0.717, 1.165) is 32.6 Å². The van der Waals surface area contributed by atoms with Crippen molar-refractivity contribution in [2.75, 3.05) is 19.6 Å². The molecule has 0 saturated heterocycles. The molecule has 3 nitrogen and oxygen atoms in total. The minimum atomic E-state index is -0.297. The number of hydrogen-bond donors (Lipinski definition) is 1. The summed E-state index contributed by atoms with van der Waals surface area (Å²) in [5, 5.41) is 3.01. The summed E-state index contributed by atoms with van der Waals surface area (Å²) in [6, 6.07) is 8.63. The lowest BCUT2D eigenvalue weighted by molar-refractivity contribution is -0.128. The third-order valence-electron chi connectivity index (χ3n) is 3.60. The Balaban J connectivity index is 1.79. The van der Waals surface area contributed by atoms with Crippen LogP contribution in [0.25, 0.3) is 0 Å². The highest BCUT2D eigenvalue weighted by Gasteiger charge is 2.21. The molecule has 0 unspecified atom stereocenters.